The predicted octanol–water partition coefficient (Wildman–Crippen LogP) is 1.01. The summed E-state index contributed by atoms with van der Waals surface area (Å²) < 4.78 is 11.8. The first-order valence-corrected chi connectivity index (χ1v) is 8.91. The molecule has 0 saturated carbocycles. The quantitative estimate of drug-likeness (QED) is 0.817. The molecule has 6 heteroatoms. The van der Waals surface area contributed by atoms with Crippen LogP contribution in [-0.4, -0.2) is 56.0 Å². The number of amides is 2. The summed E-state index contributed by atoms with van der Waals surface area (Å²) in [6.07, 6.45) is 0. The summed E-state index contributed by atoms with van der Waals surface area (Å²) in [4.78, 5) is 28.2. The lowest BCUT2D eigenvalue weighted by Crippen LogP contribution is -2.54. The third-order valence-corrected chi connectivity index (χ3v) is 6.47. The van der Waals surface area contributed by atoms with E-state index in [2.05, 4.69) is 0 Å². The van der Waals surface area contributed by atoms with E-state index in [0.717, 1.165) is 5.56 Å². The van der Waals surface area contributed by atoms with Gasteiger partial charge < -0.3 is 9.80 Å². The number of carbonyl (C=O) groups is 2. The Kier molecular flexibility index (Phi) is 4.04. The van der Waals surface area contributed by atoms with Crippen LogP contribution in [0.2, 0.25) is 0 Å². The molecule has 0 bridgehead atoms. The molecular weight excluding hydrogens is 300 g/mol. The highest BCUT2D eigenvalue weighted by atomic mass is 32.2. The van der Waals surface area contributed by atoms with Gasteiger partial charge in [0.2, 0.25) is 5.91 Å². The molecule has 3 atom stereocenters. The van der Waals surface area contributed by atoms with E-state index in [1.165, 1.54) is 0 Å². The Morgan fingerprint density at radius 2 is 2.05 bits per heavy atom. The van der Waals surface area contributed by atoms with Gasteiger partial charge in [-0.15, -0.1) is 0 Å². The third kappa shape index (κ3) is 2.56. The highest BCUT2D eigenvalue weighted by molar-refractivity contribution is 7.85. The molecule has 3 rings (SSSR count). The van der Waals surface area contributed by atoms with Crippen molar-refractivity contribution >= 4 is 22.6 Å². The minimum atomic E-state index is -0.870. The van der Waals surface area contributed by atoms with Gasteiger partial charge in [0.15, 0.2) is 0 Å². The summed E-state index contributed by atoms with van der Waals surface area (Å²) in [5.41, 5.74) is 1.66. The number of nitrogens with zero attached hydrogens (tertiary/aromatic N) is 2. The van der Waals surface area contributed by atoms with Crippen molar-refractivity contribution in [3.05, 3.63) is 35.4 Å². The van der Waals surface area contributed by atoms with Crippen LogP contribution in [0.4, 0.5) is 0 Å². The van der Waals surface area contributed by atoms with Gasteiger partial charge in [-0.3, -0.25) is 13.8 Å². The first-order chi connectivity index (χ1) is 10.5. The third-order valence-electron chi connectivity index (χ3n) is 4.66. The molecule has 5 nitrogen and oxygen atoms in total. The highest BCUT2D eigenvalue weighted by Crippen LogP contribution is 2.23. The standard InChI is InChI=1S/C16H20N2O3S/c1-11-12(2)22(21)8-7-18(11)15(19)10-17-9-13-5-3-4-6-14(13)16(17)20/h3-6,11-12H,7-10H2,1-2H3/t11-,12-,22+/m1/s1. The summed E-state index contributed by atoms with van der Waals surface area (Å²) in [5.74, 6) is 0.383. The van der Waals surface area contributed by atoms with Gasteiger partial charge in [0, 0.05) is 41.2 Å². The molecule has 1 aromatic rings. The van der Waals surface area contributed by atoms with Crippen molar-refractivity contribution in [3.8, 4) is 0 Å². The molecule has 2 amide bonds. The minimum Gasteiger partial charge on any atom is -0.336 e. The van der Waals surface area contributed by atoms with Crippen LogP contribution in [-0.2, 0) is 22.1 Å². The second-order valence-electron chi connectivity index (χ2n) is 5.94. The molecule has 118 valence electrons. The van der Waals surface area contributed by atoms with Gasteiger partial charge in [0.05, 0.1) is 5.25 Å². The average molecular weight is 320 g/mol. The Morgan fingerprint density at radius 1 is 1.32 bits per heavy atom. The fourth-order valence-corrected chi connectivity index (χ4v) is 4.43. The van der Waals surface area contributed by atoms with Crippen molar-refractivity contribution in [1.29, 1.82) is 0 Å². The number of hydrogen-bond acceptors (Lipinski definition) is 3. The van der Waals surface area contributed by atoms with Crippen LogP contribution in [0.15, 0.2) is 24.3 Å². The Morgan fingerprint density at radius 3 is 2.77 bits per heavy atom. The molecule has 2 heterocycles. The number of fused-ring (bicyclic) bond motifs is 1. The molecule has 0 unspecified atom stereocenters. The number of hydrogen-bond donors (Lipinski definition) is 0. The van der Waals surface area contributed by atoms with Crippen LogP contribution in [0, 0.1) is 0 Å². The molecule has 0 radical (unpaired) electrons. The summed E-state index contributed by atoms with van der Waals surface area (Å²) in [7, 11) is -0.870. The largest absolute Gasteiger partial charge is 0.336 e. The summed E-state index contributed by atoms with van der Waals surface area (Å²) >= 11 is 0. The zero-order valence-electron chi connectivity index (χ0n) is 12.8. The fraction of sp³-hybridized carbons (Fsp3) is 0.500. The van der Waals surface area contributed by atoms with Crippen LogP contribution in [0.5, 0.6) is 0 Å². The number of carbonyl (C=O) groups excluding carboxylic acids is 2. The van der Waals surface area contributed by atoms with Crippen molar-refractivity contribution in [1.82, 2.24) is 9.80 Å². The summed E-state index contributed by atoms with van der Waals surface area (Å²) in [6.45, 7) is 4.94. The second-order valence-corrected chi connectivity index (χ2v) is 7.85. The van der Waals surface area contributed by atoms with E-state index in [9.17, 15) is 13.8 Å². The predicted molar refractivity (Wildman–Crippen MR) is 84.8 cm³/mol. The van der Waals surface area contributed by atoms with Crippen molar-refractivity contribution < 1.29 is 13.8 Å². The molecule has 22 heavy (non-hydrogen) atoms. The maximum Gasteiger partial charge on any atom is 0.254 e. The number of rotatable bonds is 2. The fourth-order valence-electron chi connectivity index (χ4n) is 3.10. The first-order valence-electron chi connectivity index (χ1n) is 7.53. The van der Waals surface area contributed by atoms with Crippen molar-refractivity contribution in [3.63, 3.8) is 0 Å². The van der Waals surface area contributed by atoms with Gasteiger partial charge in [-0.1, -0.05) is 18.2 Å². The summed E-state index contributed by atoms with van der Waals surface area (Å²) in [5, 5.41) is -0.0239. The van der Waals surface area contributed by atoms with E-state index in [-0.39, 0.29) is 29.7 Å². The van der Waals surface area contributed by atoms with Gasteiger partial charge in [-0.25, -0.2) is 0 Å². The van der Waals surface area contributed by atoms with Crippen LogP contribution in [0.3, 0.4) is 0 Å². The average Bonchev–Trinajstić information content (AvgIpc) is 2.82. The van der Waals surface area contributed by atoms with E-state index in [1.807, 2.05) is 32.0 Å². The van der Waals surface area contributed by atoms with E-state index in [0.29, 0.717) is 24.4 Å². The second kappa shape index (κ2) is 5.83. The zero-order chi connectivity index (χ0) is 15.9. The highest BCUT2D eigenvalue weighted by Gasteiger charge is 2.35. The molecule has 2 aliphatic rings. The smallest absolute Gasteiger partial charge is 0.254 e. The van der Waals surface area contributed by atoms with Crippen LogP contribution < -0.4 is 0 Å². The molecule has 0 spiro atoms. The summed E-state index contributed by atoms with van der Waals surface area (Å²) in [6, 6.07) is 7.41. The van der Waals surface area contributed by atoms with Gasteiger partial charge in [0.1, 0.15) is 6.54 Å². The molecular formula is C16H20N2O3S. The van der Waals surface area contributed by atoms with Gasteiger partial charge in [0.25, 0.3) is 5.91 Å². The van der Waals surface area contributed by atoms with E-state index in [4.69, 9.17) is 0 Å². The molecule has 1 saturated heterocycles. The lowest BCUT2D eigenvalue weighted by molar-refractivity contribution is -0.133. The van der Waals surface area contributed by atoms with E-state index < -0.39 is 10.8 Å². The van der Waals surface area contributed by atoms with Gasteiger partial charge >= 0.3 is 0 Å². The van der Waals surface area contributed by atoms with Gasteiger partial charge in [-0.05, 0) is 25.5 Å². The molecule has 1 fully saturated rings. The van der Waals surface area contributed by atoms with Crippen LogP contribution >= 0.6 is 0 Å². The maximum absolute atomic E-state index is 12.5. The monoisotopic (exact) mass is 320 g/mol. The molecule has 0 N–H and O–H groups in total. The van der Waals surface area contributed by atoms with Crippen LogP contribution in [0.25, 0.3) is 0 Å². The SMILES string of the molecule is C[C@@H]1[C@@H](C)[S@@](=O)CCN1C(=O)CN1Cc2ccccc2C1=O. The lowest BCUT2D eigenvalue weighted by Gasteiger charge is -2.38. The lowest BCUT2D eigenvalue weighted by atomic mass is 10.1. The van der Waals surface area contributed by atoms with E-state index >= 15 is 0 Å². The van der Waals surface area contributed by atoms with Crippen molar-refractivity contribution in [2.24, 2.45) is 0 Å². The molecule has 0 aliphatic carbocycles. The first kappa shape index (κ1) is 15.2. The Labute approximate surface area is 132 Å². The zero-order valence-corrected chi connectivity index (χ0v) is 13.6. The van der Waals surface area contributed by atoms with Gasteiger partial charge in [-0.2, -0.15) is 0 Å². The Bertz CT molecular complexity index is 646. The molecule has 2 aliphatic heterocycles. The number of benzene rings is 1. The van der Waals surface area contributed by atoms with E-state index in [1.54, 1.807) is 15.9 Å². The topological polar surface area (TPSA) is 57.7 Å². The molecule has 1 aromatic carbocycles. The molecule has 0 aromatic heterocycles. The Balaban J connectivity index is 1.69. The van der Waals surface area contributed by atoms with Crippen LogP contribution in [0.1, 0.15) is 29.8 Å². The maximum atomic E-state index is 12.5. The van der Waals surface area contributed by atoms with Crippen molar-refractivity contribution in [2.75, 3.05) is 18.8 Å². The van der Waals surface area contributed by atoms with Crippen molar-refractivity contribution in [2.45, 2.75) is 31.7 Å². The minimum absolute atomic E-state index is 0.0239. The Hall–Kier alpha value is -1.69. The normalized spacial score (nSPS) is 27.9.